The number of benzene rings is 2. The zero-order valence-electron chi connectivity index (χ0n) is 15.5. The fourth-order valence-electron chi connectivity index (χ4n) is 2.69. The highest BCUT2D eigenvalue weighted by atomic mass is 35.5. The largest absolute Gasteiger partial charge is 0.495 e. The van der Waals surface area contributed by atoms with Crippen molar-refractivity contribution < 1.29 is 22.5 Å². The number of nitro groups is 1. The molecular weight excluding hydrogens is 420 g/mol. The van der Waals surface area contributed by atoms with Crippen molar-refractivity contribution in [3.8, 4) is 17.1 Å². The molecule has 8 nitrogen and oxygen atoms in total. The monoisotopic (exact) mass is 436 g/mol. The number of nitrogens with zero attached hydrogens (tertiary/aromatic N) is 2. The molecule has 0 radical (unpaired) electrons. The average Bonchev–Trinajstić information content (AvgIpc) is 3.16. The van der Waals surface area contributed by atoms with Gasteiger partial charge >= 0.3 is 0 Å². The lowest BCUT2D eigenvalue weighted by Crippen LogP contribution is -2.26. The van der Waals surface area contributed by atoms with Gasteiger partial charge in [0.15, 0.2) is 0 Å². The van der Waals surface area contributed by atoms with Gasteiger partial charge in [0.2, 0.25) is 10.0 Å². The number of halogens is 1. The summed E-state index contributed by atoms with van der Waals surface area (Å²) in [4.78, 5) is 10.1. The van der Waals surface area contributed by atoms with Gasteiger partial charge in [-0.1, -0.05) is 11.6 Å². The van der Waals surface area contributed by atoms with Gasteiger partial charge in [-0.05, 0) is 42.5 Å². The first-order chi connectivity index (χ1) is 13.7. The van der Waals surface area contributed by atoms with Crippen LogP contribution in [-0.2, 0) is 16.6 Å². The van der Waals surface area contributed by atoms with E-state index in [0.29, 0.717) is 16.5 Å². The van der Waals surface area contributed by atoms with E-state index < -0.39 is 14.9 Å². The number of ether oxygens (including phenoxy) is 1. The molecule has 0 atom stereocenters. The standard InChI is InChI=1S/C19H17ClN2O6S/c1-21(12-16-8-10-17(28-16)13-3-5-14(20)6-4-13)29(25,26)19-11-15(22(23)24)7-9-18(19)27-2/h3-11H,12H2,1-2H3. The molecule has 3 rings (SSSR count). The molecule has 29 heavy (non-hydrogen) atoms. The first-order valence-corrected chi connectivity index (χ1v) is 10.2. The molecule has 0 bridgehead atoms. The second-order valence-corrected chi connectivity index (χ2v) is 8.58. The molecule has 0 aliphatic rings. The van der Waals surface area contributed by atoms with E-state index in [9.17, 15) is 18.5 Å². The number of non-ortho nitro benzene ring substituents is 1. The Morgan fingerprint density at radius 1 is 1.14 bits per heavy atom. The summed E-state index contributed by atoms with van der Waals surface area (Å²) in [6.07, 6.45) is 0. The van der Waals surface area contributed by atoms with Crippen LogP contribution in [-0.4, -0.2) is 31.8 Å². The van der Waals surface area contributed by atoms with E-state index in [2.05, 4.69) is 0 Å². The van der Waals surface area contributed by atoms with Gasteiger partial charge in [-0.25, -0.2) is 8.42 Å². The first-order valence-electron chi connectivity index (χ1n) is 8.36. The molecule has 152 valence electrons. The number of hydrogen-bond acceptors (Lipinski definition) is 6. The van der Waals surface area contributed by atoms with Gasteiger partial charge in [-0.2, -0.15) is 4.31 Å². The third-order valence-corrected chi connectivity index (χ3v) is 6.29. The van der Waals surface area contributed by atoms with Crippen LogP contribution in [0.15, 0.2) is 63.9 Å². The number of sulfonamides is 1. The smallest absolute Gasteiger partial charge is 0.271 e. The summed E-state index contributed by atoms with van der Waals surface area (Å²) in [5.74, 6) is 0.990. The van der Waals surface area contributed by atoms with E-state index in [1.807, 2.05) is 0 Å². The number of furan rings is 1. The minimum Gasteiger partial charge on any atom is -0.495 e. The summed E-state index contributed by atoms with van der Waals surface area (Å²) in [5, 5.41) is 11.6. The third kappa shape index (κ3) is 4.42. The number of methoxy groups -OCH3 is 1. The maximum Gasteiger partial charge on any atom is 0.271 e. The van der Waals surface area contributed by atoms with Gasteiger partial charge in [-0.15, -0.1) is 0 Å². The molecule has 2 aromatic carbocycles. The fourth-order valence-corrected chi connectivity index (χ4v) is 4.12. The van der Waals surface area contributed by atoms with Crippen LogP contribution in [0.2, 0.25) is 5.02 Å². The molecule has 0 fully saturated rings. The van der Waals surface area contributed by atoms with Crippen LogP contribution in [0.3, 0.4) is 0 Å². The van der Waals surface area contributed by atoms with Crippen LogP contribution >= 0.6 is 11.6 Å². The lowest BCUT2D eigenvalue weighted by Gasteiger charge is -2.17. The molecule has 0 N–H and O–H groups in total. The molecule has 0 aliphatic carbocycles. The quantitative estimate of drug-likeness (QED) is 0.403. The van der Waals surface area contributed by atoms with Gasteiger partial charge in [0, 0.05) is 29.8 Å². The first kappa shape index (κ1) is 20.8. The van der Waals surface area contributed by atoms with Crippen molar-refractivity contribution in [1.29, 1.82) is 0 Å². The van der Waals surface area contributed by atoms with Gasteiger partial charge < -0.3 is 9.15 Å². The van der Waals surface area contributed by atoms with E-state index >= 15 is 0 Å². The van der Waals surface area contributed by atoms with Gasteiger partial charge in [0.05, 0.1) is 18.6 Å². The Bertz CT molecular complexity index is 1140. The summed E-state index contributed by atoms with van der Waals surface area (Å²) in [7, 11) is -1.41. The van der Waals surface area contributed by atoms with Crippen LogP contribution < -0.4 is 4.74 Å². The molecule has 3 aromatic rings. The minimum absolute atomic E-state index is 0.0174. The summed E-state index contributed by atoms with van der Waals surface area (Å²) < 4.78 is 37.8. The van der Waals surface area contributed by atoms with Gasteiger partial charge in [-0.3, -0.25) is 10.1 Å². The Morgan fingerprint density at radius 3 is 2.45 bits per heavy atom. The van der Waals surface area contributed by atoms with E-state index in [-0.39, 0.29) is 22.9 Å². The van der Waals surface area contributed by atoms with Crippen LogP contribution in [0.5, 0.6) is 5.75 Å². The molecule has 0 aliphatic heterocycles. The molecule has 0 saturated carbocycles. The van der Waals surface area contributed by atoms with Crippen molar-refractivity contribution in [2.45, 2.75) is 11.4 Å². The predicted octanol–water partition coefficient (Wildman–Crippen LogP) is 4.34. The lowest BCUT2D eigenvalue weighted by molar-refractivity contribution is -0.385. The maximum atomic E-state index is 13.0. The van der Waals surface area contributed by atoms with Crippen LogP contribution in [0.25, 0.3) is 11.3 Å². The summed E-state index contributed by atoms with van der Waals surface area (Å²) in [6.45, 7) is -0.0677. The van der Waals surface area contributed by atoms with Crippen molar-refractivity contribution in [2.75, 3.05) is 14.2 Å². The van der Waals surface area contributed by atoms with E-state index in [4.69, 9.17) is 20.8 Å². The van der Waals surface area contributed by atoms with Crippen molar-refractivity contribution in [2.24, 2.45) is 0 Å². The second-order valence-electron chi connectivity index (χ2n) is 6.13. The van der Waals surface area contributed by atoms with E-state index in [0.717, 1.165) is 15.9 Å². The predicted molar refractivity (Wildman–Crippen MR) is 107 cm³/mol. The number of hydrogen-bond donors (Lipinski definition) is 0. The normalized spacial score (nSPS) is 11.6. The van der Waals surface area contributed by atoms with Crippen molar-refractivity contribution in [1.82, 2.24) is 4.31 Å². The molecule has 10 heteroatoms. The van der Waals surface area contributed by atoms with Gasteiger partial charge in [0.25, 0.3) is 5.69 Å². The van der Waals surface area contributed by atoms with Gasteiger partial charge in [0.1, 0.15) is 22.2 Å². The Labute approximate surface area is 172 Å². The fraction of sp³-hybridized carbons (Fsp3) is 0.158. The van der Waals surface area contributed by atoms with E-state index in [1.54, 1.807) is 36.4 Å². The molecule has 1 aromatic heterocycles. The van der Waals surface area contributed by atoms with Crippen molar-refractivity contribution in [3.05, 3.63) is 75.5 Å². The zero-order valence-corrected chi connectivity index (χ0v) is 17.1. The summed E-state index contributed by atoms with van der Waals surface area (Å²) in [6, 6.07) is 13.8. The molecule has 1 heterocycles. The SMILES string of the molecule is COc1ccc([N+](=O)[O-])cc1S(=O)(=O)N(C)Cc1ccc(-c2ccc(Cl)cc2)o1. The van der Waals surface area contributed by atoms with Crippen LogP contribution in [0.1, 0.15) is 5.76 Å². The molecule has 0 saturated heterocycles. The Kier molecular flexibility index (Phi) is 5.92. The minimum atomic E-state index is -4.07. The third-order valence-electron chi connectivity index (χ3n) is 4.22. The molecule has 0 unspecified atom stereocenters. The number of rotatable bonds is 7. The highest BCUT2D eigenvalue weighted by Crippen LogP contribution is 2.31. The molecular formula is C19H17ClN2O6S. The molecule has 0 spiro atoms. The topological polar surface area (TPSA) is 103 Å². The van der Waals surface area contributed by atoms with Crippen molar-refractivity contribution >= 4 is 27.3 Å². The number of nitro benzene ring substituents is 1. The van der Waals surface area contributed by atoms with Crippen LogP contribution in [0, 0.1) is 10.1 Å². The highest BCUT2D eigenvalue weighted by Gasteiger charge is 2.28. The Hall–Kier alpha value is -2.88. The lowest BCUT2D eigenvalue weighted by atomic mass is 10.2. The Balaban J connectivity index is 1.87. The zero-order chi connectivity index (χ0) is 21.2. The highest BCUT2D eigenvalue weighted by molar-refractivity contribution is 7.89. The summed E-state index contributed by atoms with van der Waals surface area (Å²) >= 11 is 5.88. The van der Waals surface area contributed by atoms with E-state index in [1.165, 1.54) is 26.3 Å². The maximum absolute atomic E-state index is 13.0. The van der Waals surface area contributed by atoms with Crippen LogP contribution in [0.4, 0.5) is 5.69 Å². The second kappa shape index (κ2) is 8.24. The average molecular weight is 437 g/mol. The van der Waals surface area contributed by atoms with Crippen molar-refractivity contribution in [3.63, 3.8) is 0 Å². The summed E-state index contributed by atoms with van der Waals surface area (Å²) in [5.41, 5.74) is 0.451. The Morgan fingerprint density at radius 2 is 1.83 bits per heavy atom. The molecule has 0 amide bonds.